The van der Waals surface area contributed by atoms with E-state index in [0.717, 1.165) is 24.2 Å². The normalized spacial score (nSPS) is 12.1. The Morgan fingerprint density at radius 3 is 2.00 bits per heavy atom. The quantitative estimate of drug-likeness (QED) is 0.825. The molecule has 0 aromatic heterocycles. The minimum atomic E-state index is 0.127. The fraction of sp³-hybridized carbons (Fsp3) is 0.538. The highest BCUT2D eigenvalue weighted by atomic mass is 16.5. The molecule has 0 aliphatic carbocycles. The minimum absolute atomic E-state index is 0.127. The van der Waals surface area contributed by atoms with Gasteiger partial charge in [0.1, 0.15) is 5.75 Å². The van der Waals surface area contributed by atoms with Crippen molar-refractivity contribution in [2.24, 2.45) is 5.73 Å². The van der Waals surface area contributed by atoms with Crippen molar-refractivity contribution in [3.05, 3.63) is 17.7 Å². The molecule has 0 saturated heterocycles. The zero-order valence-corrected chi connectivity index (χ0v) is 10.9. The SMILES string of the molecule is CC[C@@H](N)Cc1cc(OC)c(OC)cc1OC. The maximum atomic E-state index is 5.96. The third-order valence-electron chi connectivity index (χ3n) is 2.79. The Hall–Kier alpha value is -1.42. The lowest BCUT2D eigenvalue weighted by molar-refractivity contribution is 0.347. The molecule has 1 rings (SSSR count). The largest absolute Gasteiger partial charge is 0.496 e. The van der Waals surface area contributed by atoms with Gasteiger partial charge in [-0.2, -0.15) is 0 Å². The molecular formula is C13H21NO3. The third kappa shape index (κ3) is 3.27. The molecule has 0 fully saturated rings. The summed E-state index contributed by atoms with van der Waals surface area (Å²) in [4.78, 5) is 0. The van der Waals surface area contributed by atoms with E-state index in [2.05, 4.69) is 6.92 Å². The highest BCUT2D eigenvalue weighted by molar-refractivity contribution is 5.50. The molecule has 17 heavy (non-hydrogen) atoms. The predicted molar refractivity (Wildman–Crippen MR) is 68.1 cm³/mol. The molecule has 0 amide bonds. The van der Waals surface area contributed by atoms with E-state index in [0.29, 0.717) is 11.5 Å². The van der Waals surface area contributed by atoms with Crippen LogP contribution in [-0.4, -0.2) is 27.4 Å². The number of rotatable bonds is 6. The topological polar surface area (TPSA) is 53.7 Å². The van der Waals surface area contributed by atoms with Crippen molar-refractivity contribution in [2.45, 2.75) is 25.8 Å². The van der Waals surface area contributed by atoms with E-state index in [1.54, 1.807) is 21.3 Å². The van der Waals surface area contributed by atoms with Crippen molar-refractivity contribution in [3.8, 4) is 17.2 Å². The molecule has 2 N–H and O–H groups in total. The molecule has 0 bridgehead atoms. The van der Waals surface area contributed by atoms with Gasteiger partial charge in [-0.05, 0) is 24.5 Å². The predicted octanol–water partition coefficient (Wildman–Crippen LogP) is 1.99. The van der Waals surface area contributed by atoms with Crippen LogP contribution in [0.1, 0.15) is 18.9 Å². The van der Waals surface area contributed by atoms with Gasteiger partial charge in [-0.15, -0.1) is 0 Å². The van der Waals surface area contributed by atoms with Gasteiger partial charge in [-0.25, -0.2) is 0 Å². The van der Waals surface area contributed by atoms with Crippen LogP contribution in [0.15, 0.2) is 12.1 Å². The summed E-state index contributed by atoms with van der Waals surface area (Å²) in [6, 6.07) is 3.88. The van der Waals surface area contributed by atoms with E-state index < -0.39 is 0 Å². The van der Waals surface area contributed by atoms with E-state index in [4.69, 9.17) is 19.9 Å². The molecule has 0 radical (unpaired) electrons. The van der Waals surface area contributed by atoms with Gasteiger partial charge >= 0.3 is 0 Å². The summed E-state index contributed by atoms with van der Waals surface area (Å²) in [6.07, 6.45) is 1.69. The van der Waals surface area contributed by atoms with Crippen LogP contribution in [0.3, 0.4) is 0 Å². The second kappa shape index (κ2) is 6.35. The van der Waals surface area contributed by atoms with E-state index in [9.17, 15) is 0 Å². The van der Waals surface area contributed by atoms with Crippen molar-refractivity contribution in [1.29, 1.82) is 0 Å². The molecule has 4 nitrogen and oxygen atoms in total. The number of methoxy groups -OCH3 is 3. The van der Waals surface area contributed by atoms with Crippen LogP contribution in [0, 0.1) is 0 Å². The summed E-state index contributed by atoms with van der Waals surface area (Å²) in [5, 5.41) is 0. The van der Waals surface area contributed by atoms with Crippen LogP contribution in [0.5, 0.6) is 17.2 Å². The summed E-state index contributed by atoms with van der Waals surface area (Å²) in [7, 11) is 4.87. The van der Waals surface area contributed by atoms with Crippen LogP contribution >= 0.6 is 0 Å². The number of benzene rings is 1. The van der Waals surface area contributed by atoms with Crippen LogP contribution in [-0.2, 0) is 6.42 Å². The first-order chi connectivity index (χ1) is 8.15. The first-order valence-electron chi connectivity index (χ1n) is 5.70. The number of nitrogens with two attached hydrogens (primary N) is 1. The van der Waals surface area contributed by atoms with Crippen molar-refractivity contribution in [3.63, 3.8) is 0 Å². The molecule has 1 atom stereocenters. The molecule has 1 aromatic carbocycles. The maximum Gasteiger partial charge on any atom is 0.164 e. The average Bonchev–Trinajstić information content (AvgIpc) is 2.37. The highest BCUT2D eigenvalue weighted by Crippen LogP contribution is 2.35. The zero-order valence-electron chi connectivity index (χ0n) is 10.9. The molecule has 0 heterocycles. The van der Waals surface area contributed by atoms with Crippen molar-refractivity contribution < 1.29 is 14.2 Å². The molecule has 0 aliphatic rings. The zero-order chi connectivity index (χ0) is 12.8. The Morgan fingerprint density at radius 2 is 1.53 bits per heavy atom. The van der Waals surface area contributed by atoms with Gasteiger partial charge in [0.05, 0.1) is 21.3 Å². The Bertz CT molecular complexity index is 366. The molecule has 96 valence electrons. The lowest BCUT2D eigenvalue weighted by atomic mass is 10.0. The maximum absolute atomic E-state index is 5.96. The van der Waals surface area contributed by atoms with Crippen molar-refractivity contribution in [2.75, 3.05) is 21.3 Å². The Balaban J connectivity index is 3.09. The van der Waals surface area contributed by atoms with Gasteiger partial charge in [0, 0.05) is 12.1 Å². The van der Waals surface area contributed by atoms with E-state index >= 15 is 0 Å². The summed E-state index contributed by atoms with van der Waals surface area (Å²) in [5.41, 5.74) is 7.00. The third-order valence-corrected chi connectivity index (χ3v) is 2.79. The Kier molecular flexibility index (Phi) is 5.10. The number of ether oxygens (including phenoxy) is 3. The number of hydrogen-bond acceptors (Lipinski definition) is 4. The van der Waals surface area contributed by atoms with E-state index in [-0.39, 0.29) is 6.04 Å². The van der Waals surface area contributed by atoms with Gasteiger partial charge < -0.3 is 19.9 Å². The second-order valence-electron chi connectivity index (χ2n) is 3.89. The minimum Gasteiger partial charge on any atom is -0.496 e. The summed E-state index contributed by atoms with van der Waals surface area (Å²) in [6.45, 7) is 2.07. The lowest BCUT2D eigenvalue weighted by Crippen LogP contribution is -2.21. The van der Waals surface area contributed by atoms with Gasteiger partial charge in [-0.1, -0.05) is 6.92 Å². The van der Waals surface area contributed by atoms with Crippen LogP contribution in [0.25, 0.3) is 0 Å². The van der Waals surface area contributed by atoms with Crippen LogP contribution in [0.4, 0.5) is 0 Å². The molecule has 1 aromatic rings. The molecule has 0 unspecified atom stereocenters. The fourth-order valence-corrected chi connectivity index (χ4v) is 1.68. The molecule has 0 spiro atoms. The molecular weight excluding hydrogens is 218 g/mol. The van der Waals surface area contributed by atoms with Crippen molar-refractivity contribution >= 4 is 0 Å². The van der Waals surface area contributed by atoms with Crippen LogP contribution < -0.4 is 19.9 Å². The van der Waals surface area contributed by atoms with E-state index in [1.807, 2.05) is 12.1 Å². The Labute approximate surface area is 103 Å². The standard InChI is InChI=1S/C13H21NO3/c1-5-10(14)6-9-7-12(16-3)13(17-4)8-11(9)15-2/h7-8,10H,5-6,14H2,1-4H3/t10-/m1/s1. The Morgan fingerprint density at radius 1 is 1.00 bits per heavy atom. The van der Waals surface area contributed by atoms with Crippen molar-refractivity contribution in [1.82, 2.24) is 0 Å². The monoisotopic (exact) mass is 239 g/mol. The van der Waals surface area contributed by atoms with Crippen LogP contribution in [0.2, 0.25) is 0 Å². The molecule has 0 aliphatic heterocycles. The average molecular weight is 239 g/mol. The smallest absolute Gasteiger partial charge is 0.164 e. The van der Waals surface area contributed by atoms with Gasteiger partial charge in [0.2, 0.25) is 0 Å². The summed E-state index contributed by atoms with van der Waals surface area (Å²) < 4.78 is 15.8. The van der Waals surface area contributed by atoms with Gasteiger partial charge in [0.15, 0.2) is 11.5 Å². The second-order valence-corrected chi connectivity index (χ2v) is 3.89. The van der Waals surface area contributed by atoms with E-state index in [1.165, 1.54) is 0 Å². The van der Waals surface area contributed by atoms with Gasteiger partial charge in [-0.3, -0.25) is 0 Å². The number of hydrogen-bond donors (Lipinski definition) is 1. The highest BCUT2D eigenvalue weighted by Gasteiger charge is 2.13. The summed E-state index contributed by atoms with van der Waals surface area (Å²) in [5.74, 6) is 2.15. The molecule has 4 heteroatoms. The first-order valence-corrected chi connectivity index (χ1v) is 5.70. The lowest BCUT2D eigenvalue weighted by Gasteiger charge is -2.16. The fourth-order valence-electron chi connectivity index (χ4n) is 1.68. The first kappa shape index (κ1) is 13.6. The van der Waals surface area contributed by atoms with Gasteiger partial charge in [0.25, 0.3) is 0 Å². The summed E-state index contributed by atoms with van der Waals surface area (Å²) >= 11 is 0. The molecule has 0 saturated carbocycles.